The number of rotatable bonds is 4. The summed E-state index contributed by atoms with van der Waals surface area (Å²) >= 11 is 1.76. The van der Waals surface area contributed by atoms with E-state index in [-0.39, 0.29) is 17.0 Å². The lowest BCUT2D eigenvalue weighted by atomic mass is 10.2. The Morgan fingerprint density at radius 2 is 1.79 bits per heavy atom. The lowest BCUT2D eigenvalue weighted by Gasteiger charge is -2.05. The summed E-state index contributed by atoms with van der Waals surface area (Å²) in [4.78, 5) is 1.22. The van der Waals surface area contributed by atoms with Crippen LogP contribution < -0.4 is 26.3 Å². The van der Waals surface area contributed by atoms with Crippen molar-refractivity contribution in [3.63, 3.8) is 0 Å². The summed E-state index contributed by atoms with van der Waals surface area (Å²) in [6.07, 6.45) is 4.26. The van der Waals surface area contributed by atoms with Gasteiger partial charge in [0.25, 0.3) is 0 Å². The van der Waals surface area contributed by atoms with Crippen LogP contribution in [-0.2, 0) is 6.54 Å². The zero-order valence-corrected chi connectivity index (χ0v) is 15.6. The van der Waals surface area contributed by atoms with Gasteiger partial charge >= 0.3 is 4.96 Å². The maximum atomic E-state index is 5.46. The highest BCUT2D eigenvalue weighted by atomic mass is 79.9. The molecule has 0 N–H and O–H groups in total. The van der Waals surface area contributed by atoms with Crippen LogP contribution in [0.1, 0.15) is 5.56 Å². The zero-order chi connectivity index (χ0) is 15.6. The SMILES string of the molecule is COc1ccccc1C[n+]1ccn2c(-c3ccccc3)csc21.[Br-]. The second kappa shape index (κ2) is 7.20. The third-order valence-electron chi connectivity index (χ3n) is 3.99. The molecular weight excluding hydrogens is 384 g/mol. The highest BCUT2D eigenvalue weighted by Crippen LogP contribution is 2.25. The highest BCUT2D eigenvalue weighted by Gasteiger charge is 2.18. The first-order valence-corrected chi connectivity index (χ1v) is 8.40. The number of benzene rings is 2. The minimum atomic E-state index is 0. The van der Waals surface area contributed by atoms with Crippen molar-refractivity contribution in [1.29, 1.82) is 0 Å². The van der Waals surface area contributed by atoms with Crippen LogP contribution in [-0.4, -0.2) is 11.5 Å². The third kappa shape index (κ3) is 2.97. The summed E-state index contributed by atoms with van der Waals surface area (Å²) in [5.41, 5.74) is 3.64. The van der Waals surface area contributed by atoms with E-state index in [1.54, 1.807) is 18.4 Å². The van der Waals surface area contributed by atoms with Crippen molar-refractivity contribution in [3.05, 3.63) is 77.9 Å². The van der Waals surface area contributed by atoms with E-state index >= 15 is 0 Å². The number of methoxy groups -OCH3 is 1. The summed E-state index contributed by atoms with van der Waals surface area (Å²) in [5.74, 6) is 0.930. The fraction of sp³-hybridized carbons (Fsp3) is 0.105. The molecule has 0 fully saturated rings. The number of nitrogens with zero attached hydrogens (tertiary/aromatic N) is 2. The molecule has 0 unspecified atom stereocenters. The molecule has 2 heterocycles. The van der Waals surface area contributed by atoms with Gasteiger partial charge in [0.2, 0.25) is 0 Å². The Balaban J connectivity index is 0.00000169. The van der Waals surface area contributed by atoms with Crippen molar-refractivity contribution in [3.8, 4) is 17.0 Å². The summed E-state index contributed by atoms with van der Waals surface area (Å²) in [6.45, 7) is 0.801. The first-order chi connectivity index (χ1) is 11.4. The monoisotopic (exact) mass is 400 g/mol. The Morgan fingerprint density at radius 1 is 1.04 bits per heavy atom. The molecule has 0 amide bonds. The van der Waals surface area contributed by atoms with Gasteiger partial charge in [-0.15, -0.1) is 0 Å². The van der Waals surface area contributed by atoms with E-state index in [1.807, 2.05) is 18.2 Å². The normalized spacial score (nSPS) is 10.5. The van der Waals surface area contributed by atoms with E-state index in [4.69, 9.17) is 4.74 Å². The van der Waals surface area contributed by atoms with Crippen molar-refractivity contribution < 1.29 is 26.3 Å². The van der Waals surface area contributed by atoms with Crippen LogP contribution >= 0.6 is 11.3 Å². The summed E-state index contributed by atoms with van der Waals surface area (Å²) in [5, 5.41) is 2.21. The van der Waals surface area contributed by atoms with E-state index in [0.29, 0.717) is 0 Å². The fourth-order valence-corrected chi connectivity index (χ4v) is 3.84. The molecule has 122 valence electrons. The summed E-state index contributed by atoms with van der Waals surface area (Å²) < 4.78 is 9.97. The number of hydrogen-bond acceptors (Lipinski definition) is 2. The standard InChI is InChI=1S/C19H17N2OS.BrH/c1-22-18-10-6-5-9-16(18)13-20-11-12-21-17(14-23-19(20)21)15-7-3-2-4-8-15;/h2-12,14H,13H2,1H3;1H/q+1;/p-1. The van der Waals surface area contributed by atoms with E-state index < -0.39 is 0 Å². The lowest BCUT2D eigenvalue weighted by Crippen LogP contribution is -3.00. The van der Waals surface area contributed by atoms with Crippen LogP contribution in [0, 0.1) is 0 Å². The molecule has 0 aliphatic rings. The van der Waals surface area contributed by atoms with Gasteiger partial charge in [0.1, 0.15) is 24.7 Å². The van der Waals surface area contributed by atoms with Crippen molar-refractivity contribution in [2.24, 2.45) is 0 Å². The minimum absolute atomic E-state index is 0. The molecule has 0 aliphatic heterocycles. The molecule has 3 nitrogen and oxygen atoms in total. The van der Waals surface area contributed by atoms with Crippen LogP contribution in [0.4, 0.5) is 0 Å². The van der Waals surface area contributed by atoms with Crippen molar-refractivity contribution in [2.45, 2.75) is 6.54 Å². The molecule has 24 heavy (non-hydrogen) atoms. The average Bonchev–Trinajstić information content (AvgIpc) is 3.19. The van der Waals surface area contributed by atoms with Crippen LogP contribution in [0.5, 0.6) is 5.75 Å². The third-order valence-corrected chi connectivity index (χ3v) is 4.97. The number of aromatic nitrogens is 2. The smallest absolute Gasteiger partial charge is 0.346 e. The van der Waals surface area contributed by atoms with Gasteiger partial charge in [0.15, 0.2) is 5.69 Å². The highest BCUT2D eigenvalue weighted by molar-refractivity contribution is 7.15. The average molecular weight is 401 g/mol. The lowest BCUT2D eigenvalue weighted by molar-refractivity contribution is -0.659. The molecule has 0 radical (unpaired) electrons. The molecule has 5 heteroatoms. The number of ether oxygens (including phenoxy) is 1. The maximum absolute atomic E-state index is 5.46. The fourth-order valence-electron chi connectivity index (χ4n) is 2.84. The van der Waals surface area contributed by atoms with Gasteiger partial charge in [-0.05, 0) is 6.07 Å². The Bertz CT molecular complexity index is 946. The van der Waals surface area contributed by atoms with Crippen molar-refractivity contribution >= 4 is 16.3 Å². The number of para-hydroxylation sites is 1. The van der Waals surface area contributed by atoms with Gasteiger partial charge in [-0.3, -0.25) is 0 Å². The van der Waals surface area contributed by atoms with Crippen LogP contribution in [0.2, 0.25) is 0 Å². The van der Waals surface area contributed by atoms with Gasteiger partial charge in [-0.2, -0.15) is 4.40 Å². The molecule has 4 rings (SSSR count). The summed E-state index contributed by atoms with van der Waals surface area (Å²) in [7, 11) is 1.72. The van der Waals surface area contributed by atoms with E-state index in [0.717, 1.165) is 12.3 Å². The molecular formula is C19H17BrN2OS. The molecule has 2 aromatic heterocycles. The zero-order valence-electron chi connectivity index (χ0n) is 13.2. The van der Waals surface area contributed by atoms with Gasteiger partial charge in [-0.25, -0.2) is 4.57 Å². The molecule has 0 bridgehead atoms. The number of hydrogen-bond donors (Lipinski definition) is 0. The van der Waals surface area contributed by atoms with Crippen LogP contribution in [0.15, 0.2) is 72.4 Å². The number of thiazole rings is 1. The molecule has 0 aliphatic carbocycles. The molecule has 4 aromatic rings. The van der Waals surface area contributed by atoms with Crippen molar-refractivity contribution in [2.75, 3.05) is 7.11 Å². The molecule has 0 atom stereocenters. The molecule has 2 aromatic carbocycles. The Kier molecular flexibility index (Phi) is 5.02. The second-order valence-corrected chi connectivity index (χ2v) is 6.21. The topological polar surface area (TPSA) is 17.5 Å². The molecule has 0 saturated heterocycles. The van der Waals surface area contributed by atoms with Gasteiger partial charge in [0.05, 0.1) is 7.11 Å². The minimum Gasteiger partial charge on any atom is -1.00 e. The predicted octanol–water partition coefficient (Wildman–Crippen LogP) is 1.02. The van der Waals surface area contributed by atoms with Gasteiger partial charge in [-0.1, -0.05) is 59.9 Å². The Morgan fingerprint density at radius 3 is 2.58 bits per heavy atom. The van der Waals surface area contributed by atoms with Crippen molar-refractivity contribution in [1.82, 2.24) is 4.40 Å². The first kappa shape index (κ1) is 16.7. The maximum Gasteiger partial charge on any atom is 0.346 e. The molecule has 0 spiro atoms. The predicted molar refractivity (Wildman–Crippen MR) is 93.0 cm³/mol. The van der Waals surface area contributed by atoms with Crippen LogP contribution in [0.25, 0.3) is 16.2 Å². The van der Waals surface area contributed by atoms with Gasteiger partial charge < -0.3 is 21.7 Å². The Labute approximate surface area is 155 Å². The Hall–Kier alpha value is -2.11. The second-order valence-electron chi connectivity index (χ2n) is 5.38. The number of imidazole rings is 1. The van der Waals surface area contributed by atoms with E-state index in [9.17, 15) is 0 Å². The largest absolute Gasteiger partial charge is 1.00 e. The van der Waals surface area contributed by atoms with Gasteiger partial charge in [0, 0.05) is 16.5 Å². The van der Waals surface area contributed by atoms with E-state index in [1.165, 1.54) is 21.8 Å². The quantitative estimate of drug-likeness (QED) is 0.467. The number of fused-ring (bicyclic) bond motifs is 1. The van der Waals surface area contributed by atoms with E-state index in [2.05, 4.69) is 63.1 Å². The number of halogens is 1. The first-order valence-electron chi connectivity index (χ1n) is 7.52. The van der Waals surface area contributed by atoms with Crippen LogP contribution in [0.3, 0.4) is 0 Å². The molecule has 0 saturated carbocycles. The summed E-state index contributed by atoms with van der Waals surface area (Å²) in [6, 6.07) is 18.7.